The quantitative estimate of drug-likeness (QED) is 0.746. The number of carbonyl (C=O) groups excluding carboxylic acids is 1. The Morgan fingerprint density at radius 3 is 2.65 bits per heavy atom. The summed E-state index contributed by atoms with van der Waals surface area (Å²) >= 11 is 0. The first-order chi connectivity index (χ1) is 9.52. The van der Waals surface area contributed by atoms with Crippen molar-refractivity contribution in [3.63, 3.8) is 0 Å². The zero-order valence-corrected chi connectivity index (χ0v) is 10.8. The van der Waals surface area contributed by atoms with Gasteiger partial charge in [-0.15, -0.1) is 0 Å². The van der Waals surface area contributed by atoms with E-state index < -0.39 is 30.1 Å². The first kappa shape index (κ1) is 14.5. The fraction of sp³-hybridized carbons (Fsp3) is 0.429. The highest BCUT2D eigenvalue weighted by Crippen LogP contribution is 2.29. The Kier molecular flexibility index (Phi) is 4.36. The van der Waals surface area contributed by atoms with E-state index in [1.165, 1.54) is 0 Å². The molecule has 1 heterocycles. The van der Waals surface area contributed by atoms with Crippen molar-refractivity contribution in [1.82, 2.24) is 0 Å². The molecular weight excluding hydrogens is 264 g/mol. The maximum absolute atomic E-state index is 11.6. The number of aliphatic carboxylic acids is 1. The highest BCUT2D eigenvalue weighted by atomic mass is 16.6. The molecule has 2 atom stereocenters. The summed E-state index contributed by atoms with van der Waals surface area (Å²) in [6.45, 7) is 0.189. The summed E-state index contributed by atoms with van der Waals surface area (Å²) in [5, 5.41) is 19.2. The van der Waals surface area contributed by atoms with E-state index in [0.29, 0.717) is 0 Å². The number of benzene rings is 1. The van der Waals surface area contributed by atoms with Gasteiger partial charge < -0.3 is 19.7 Å². The molecule has 2 N–H and O–H groups in total. The van der Waals surface area contributed by atoms with Gasteiger partial charge in [-0.1, -0.05) is 30.3 Å². The molecule has 2 rings (SSSR count). The van der Waals surface area contributed by atoms with Crippen molar-refractivity contribution < 1.29 is 29.3 Å². The minimum Gasteiger partial charge on any atom is -0.481 e. The molecular formula is C14H16O6. The van der Waals surface area contributed by atoms with Gasteiger partial charge >= 0.3 is 11.9 Å². The summed E-state index contributed by atoms with van der Waals surface area (Å²) < 4.78 is 10.2. The minimum atomic E-state index is -1.88. The van der Waals surface area contributed by atoms with Crippen LogP contribution >= 0.6 is 0 Å². The predicted octanol–water partition coefficient (Wildman–Crippen LogP) is 0.725. The molecule has 6 nitrogen and oxygen atoms in total. The van der Waals surface area contributed by atoms with Crippen molar-refractivity contribution >= 4 is 11.9 Å². The predicted molar refractivity (Wildman–Crippen MR) is 67.8 cm³/mol. The van der Waals surface area contributed by atoms with Crippen LogP contribution in [0.1, 0.15) is 18.4 Å². The van der Waals surface area contributed by atoms with Crippen LogP contribution < -0.4 is 0 Å². The molecule has 0 saturated carbocycles. The number of hydrogen-bond donors (Lipinski definition) is 2. The first-order valence-electron chi connectivity index (χ1n) is 6.29. The molecule has 1 aliphatic rings. The lowest BCUT2D eigenvalue weighted by Gasteiger charge is -2.27. The Morgan fingerprint density at radius 2 is 2.10 bits per heavy atom. The van der Waals surface area contributed by atoms with Crippen LogP contribution in [0.15, 0.2) is 30.3 Å². The fourth-order valence-corrected chi connectivity index (χ4v) is 2.11. The van der Waals surface area contributed by atoms with Gasteiger partial charge in [0.1, 0.15) is 6.10 Å². The molecule has 1 aromatic carbocycles. The molecule has 0 bridgehead atoms. The fourth-order valence-electron chi connectivity index (χ4n) is 2.11. The van der Waals surface area contributed by atoms with Crippen molar-refractivity contribution in [2.24, 2.45) is 0 Å². The normalized spacial score (nSPS) is 23.4. The molecule has 0 aromatic heterocycles. The van der Waals surface area contributed by atoms with Gasteiger partial charge in [0.05, 0.1) is 19.6 Å². The molecule has 0 spiro atoms. The number of hydrogen-bond acceptors (Lipinski definition) is 5. The summed E-state index contributed by atoms with van der Waals surface area (Å²) in [4.78, 5) is 22.5. The second-order valence-electron chi connectivity index (χ2n) is 4.69. The number of carbonyl (C=O) groups is 2. The van der Waals surface area contributed by atoms with Crippen molar-refractivity contribution in [1.29, 1.82) is 0 Å². The van der Waals surface area contributed by atoms with Crippen LogP contribution in [0.25, 0.3) is 0 Å². The number of carboxylic acids is 1. The molecule has 1 aromatic rings. The van der Waals surface area contributed by atoms with Crippen LogP contribution in [0.3, 0.4) is 0 Å². The molecule has 0 radical (unpaired) electrons. The molecule has 1 aliphatic heterocycles. The number of ether oxygens (including phenoxy) is 2. The molecule has 1 fully saturated rings. The SMILES string of the molecule is O=C(O)CC(OCc1ccccc1)C1(O)CCOC1=O. The van der Waals surface area contributed by atoms with E-state index in [0.717, 1.165) is 5.56 Å². The zero-order valence-electron chi connectivity index (χ0n) is 10.8. The van der Waals surface area contributed by atoms with Gasteiger partial charge in [-0.3, -0.25) is 4.79 Å². The zero-order chi connectivity index (χ0) is 14.6. The molecule has 0 aliphatic carbocycles. The van der Waals surface area contributed by atoms with Gasteiger partial charge in [0.2, 0.25) is 0 Å². The van der Waals surface area contributed by atoms with Crippen molar-refractivity contribution in [3.05, 3.63) is 35.9 Å². The van der Waals surface area contributed by atoms with E-state index in [9.17, 15) is 14.7 Å². The van der Waals surface area contributed by atoms with Crippen LogP contribution in [0, 0.1) is 0 Å². The third-order valence-corrected chi connectivity index (χ3v) is 3.26. The van der Waals surface area contributed by atoms with E-state index in [-0.39, 0.29) is 19.6 Å². The van der Waals surface area contributed by atoms with Crippen molar-refractivity contribution in [2.45, 2.75) is 31.2 Å². The molecule has 1 saturated heterocycles. The van der Waals surface area contributed by atoms with Crippen molar-refractivity contribution in [3.8, 4) is 0 Å². The molecule has 108 valence electrons. The number of esters is 1. The Bertz CT molecular complexity index is 486. The Hall–Kier alpha value is -1.92. The summed E-state index contributed by atoms with van der Waals surface area (Å²) in [5.41, 5.74) is -1.05. The third-order valence-electron chi connectivity index (χ3n) is 3.26. The average Bonchev–Trinajstić information content (AvgIpc) is 2.76. The molecule has 0 amide bonds. The standard InChI is InChI=1S/C14H16O6/c15-12(16)8-11(14(18)6-7-19-13(14)17)20-9-10-4-2-1-3-5-10/h1-5,11,18H,6-9H2,(H,15,16). The van der Waals surface area contributed by atoms with Crippen LogP contribution in [0.4, 0.5) is 0 Å². The topological polar surface area (TPSA) is 93.1 Å². The smallest absolute Gasteiger partial charge is 0.341 e. The summed E-state index contributed by atoms with van der Waals surface area (Å²) in [5.74, 6) is -1.96. The lowest BCUT2D eigenvalue weighted by molar-refractivity contribution is -0.173. The van der Waals surface area contributed by atoms with Gasteiger partial charge in [-0.25, -0.2) is 4.79 Å². The van der Waals surface area contributed by atoms with E-state index in [4.69, 9.17) is 14.6 Å². The molecule has 6 heteroatoms. The number of carboxylic acid groups (broad SMARTS) is 1. The Labute approximate surface area is 115 Å². The average molecular weight is 280 g/mol. The highest BCUT2D eigenvalue weighted by molar-refractivity contribution is 5.83. The second-order valence-corrected chi connectivity index (χ2v) is 4.69. The van der Waals surface area contributed by atoms with Gasteiger partial charge in [0, 0.05) is 6.42 Å². The monoisotopic (exact) mass is 280 g/mol. The summed E-state index contributed by atoms with van der Waals surface area (Å²) in [7, 11) is 0. The highest BCUT2D eigenvalue weighted by Gasteiger charge is 2.50. The van der Waals surface area contributed by atoms with Gasteiger partial charge in [0.15, 0.2) is 5.60 Å². The van der Waals surface area contributed by atoms with Gasteiger partial charge in [0.25, 0.3) is 0 Å². The second kappa shape index (κ2) is 6.02. The largest absolute Gasteiger partial charge is 0.481 e. The van der Waals surface area contributed by atoms with Crippen LogP contribution in [-0.4, -0.2) is 40.5 Å². The van der Waals surface area contributed by atoms with E-state index >= 15 is 0 Å². The lowest BCUT2D eigenvalue weighted by atomic mass is 9.92. The van der Waals surface area contributed by atoms with Crippen LogP contribution in [-0.2, 0) is 25.7 Å². The number of cyclic esters (lactones) is 1. The minimum absolute atomic E-state index is 0.0402. The van der Waals surface area contributed by atoms with Gasteiger partial charge in [-0.05, 0) is 5.56 Å². The maximum atomic E-state index is 11.6. The van der Waals surface area contributed by atoms with E-state index in [1.807, 2.05) is 30.3 Å². The van der Waals surface area contributed by atoms with E-state index in [2.05, 4.69) is 0 Å². The van der Waals surface area contributed by atoms with Crippen molar-refractivity contribution in [2.75, 3.05) is 6.61 Å². The van der Waals surface area contributed by atoms with E-state index in [1.54, 1.807) is 0 Å². The number of aliphatic hydroxyl groups is 1. The van der Waals surface area contributed by atoms with Crippen LogP contribution in [0.2, 0.25) is 0 Å². The maximum Gasteiger partial charge on any atom is 0.341 e. The Morgan fingerprint density at radius 1 is 1.40 bits per heavy atom. The van der Waals surface area contributed by atoms with Crippen LogP contribution in [0.5, 0.6) is 0 Å². The third kappa shape index (κ3) is 3.15. The number of rotatable bonds is 6. The molecule has 2 unspecified atom stereocenters. The summed E-state index contributed by atoms with van der Waals surface area (Å²) in [6, 6.07) is 9.12. The van der Waals surface area contributed by atoms with Gasteiger partial charge in [-0.2, -0.15) is 0 Å². The Balaban J connectivity index is 2.08. The summed E-state index contributed by atoms with van der Waals surface area (Å²) in [6.07, 6.45) is -1.55. The first-order valence-corrected chi connectivity index (χ1v) is 6.29. The molecule has 20 heavy (non-hydrogen) atoms. The lowest BCUT2D eigenvalue weighted by Crippen LogP contribution is -2.48.